The molecule has 1 heterocycles. The van der Waals surface area contributed by atoms with Crippen LogP contribution in [-0.4, -0.2) is 24.6 Å². The molecule has 6 heteroatoms. The van der Waals surface area contributed by atoms with Crippen LogP contribution >= 0.6 is 15.9 Å². The van der Waals surface area contributed by atoms with E-state index in [1.165, 1.54) is 4.41 Å². The van der Waals surface area contributed by atoms with E-state index in [0.29, 0.717) is 6.42 Å². The van der Waals surface area contributed by atoms with E-state index in [1.807, 2.05) is 31.2 Å². The van der Waals surface area contributed by atoms with Gasteiger partial charge in [0.1, 0.15) is 0 Å². The fourth-order valence-corrected chi connectivity index (χ4v) is 4.24. The van der Waals surface area contributed by atoms with Crippen molar-refractivity contribution in [2.45, 2.75) is 24.3 Å². The highest BCUT2D eigenvalue weighted by molar-refractivity contribution is 9.10. The zero-order valence-electron chi connectivity index (χ0n) is 13.2. The van der Waals surface area contributed by atoms with Gasteiger partial charge in [-0.2, -0.15) is 17.9 Å². The second-order valence-corrected chi connectivity index (χ2v) is 8.36. The molecule has 0 aromatic heterocycles. The first-order valence-corrected chi connectivity index (χ1v) is 9.72. The van der Waals surface area contributed by atoms with Crippen molar-refractivity contribution < 1.29 is 8.42 Å². The molecule has 0 fully saturated rings. The lowest BCUT2D eigenvalue weighted by atomic mass is 10.0. The summed E-state index contributed by atoms with van der Waals surface area (Å²) in [4.78, 5) is 0.237. The van der Waals surface area contributed by atoms with Crippen LogP contribution in [0, 0.1) is 6.92 Å². The maximum absolute atomic E-state index is 12.9. The van der Waals surface area contributed by atoms with Gasteiger partial charge < -0.3 is 0 Å². The minimum Gasteiger partial charge on any atom is -0.200 e. The second kappa shape index (κ2) is 6.53. The van der Waals surface area contributed by atoms with Crippen LogP contribution in [0.1, 0.15) is 17.5 Å². The number of hydrogen-bond donors (Lipinski definition) is 0. The maximum atomic E-state index is 12.9. The van der Waals surface area contributed by atoms with Gasteiger partial charge in [0.15, 0.2) is 0 Å². The number of hydrogen-bond acceptors (Lipinski definition) is 3. The van der Waals surface area contributed by atoms with Crippen LogP contribution < -0.4 is 0 Å². The third-order valence-electron chi connectivity index (χ3n) is 3.92. The molecule has 0 aliphatic carbocycles. The molecule has 0 radical (unpaired) electrons. The summed E-state index contributed by atoms with van der Waals surface area (Å²) in [5.74, 6) is 0. The van der Waals surface area contributed by atoms with Gasteiger partial charge in [0.2, 0.25) is 0 Å². The highest BCUT2D eigenvalue weighted by atomic mass is 79.9. The van der Waals surface area contributed by atoms with E-state index in [4.69, 9.17) is 0 Å². The molecule has 0 saturated carbocycles. The average molecular weight is 405 g/mol. The number of benzene rings is 2. The normalized spacial score (nSPS) is 17.7. The molecule has 0 N–H and O–H groups in total. The number of aryl methyl sites for hydroxylation is 1. The second-order valence-electron chi connectivity index (χ2n) is 5.65. The summed E-state index contributed by atoms with van der Waals surface area (Å²) in [5, 5.41) is 4.39. The summed E-state index contributed by atoms with van der Waals surface area (Å²) in [6.45, 7) is 5.69. The van der Waals surface area contributed by atoms with Crippen molar-refractivity contribution in [1.29, 1.82) is 0 Å². The van der Waals surface area contributed by atoms with Crippen molar-refractivity contribution in [3.8, 4) is 0 Å². The molecule has 0 spiro atoms. The Morgan fingerprint density at radius 1 is 1.17 bits per heavy atom. The first kappa shape index (κ1) is 16.9. The summed E-state index contributed by atoms with van der Waals surface area (Å²) in [6.07, 6.45) is 2.14. The average Bonchev–Trinajstić information content (AvgIpc) is 3.01. The topological polar surface area (TPSA) is 49.7 Å². The summed E-state index contributed by atoms with van der Waals surface area (Å²) in [5.41, 5.74) is 2.66. The lowest BCUT2D eigenvalue weighted by Gasteiger charge is -2.20. The van der Waals surface area contributed by atoms with Crippen LogP contribution in [0.3, 0.4) is 0 Å². The number of rotatable bonds is 4. The number of halogens is 1. The van der Waals surface area contributed by atoms with E-state index in [2.05, 4.69) is 27.6 Å². The lowest BCUT2D eigenvalue weighted by molar-refractivity contribution is 0.409. The monoisotopic (exact) mass is 404 g/mol. The predicted molar refractivity (Wildman–Crippen MR) is 99.5 cm³/mol. The molecule has 124 valence electrons. The Balaban J connectivity index is 2.00. The Bertz CT molecular complexity index is 888. The summed E-state index contributed by atoms with van der Waals surface area (Å²) in [7, 11) is -3.70. The fraction of sp³-hybridized carbons (Fsp3) is 0.167. The summed E-state index contributed by atoms with van der Waals surface area (Å²) in [6, 6.07) is 14.1. The van der Waals surface area contributed by atoms with Crippen molar-refractivity contribution in [3.05, 3.63) is 76.8 Å². The van der Waals surface area contributed by atoms with Crippen molar-refractivity contribution in [3.63, 3.8) is 0 Å². The molecule has 1 aliphatic heterocycles. The Kier molecular flexibility index (Phi) is 4.60. The van der Waals surface area contributed by atoms with Crippen LogP contribution in [0.15, 0.2) is 75.7 Å². The van der Waals surface area contributed by atoms with Gasteiger partial charge in [-0.1, -0.05) is 51.8 Å². The molecular formula is C18H17BrN2O2S. The summed E-state index contributed by atoms with van der Waals surface area (Å²) >= 11 is 3.40. The highest BCUT2D eigenvalue weighted by Crippen LogP contribution is 2.28. The molecule has 4 nitrogen and oxygen atoms in total. The molecule has 2 aromatic carbocycles. The predicted octanol–water partition coefficient (Wildman–Crippen LogP) is 4.11. The SMILES string of the molecule is C=C[C@H]1CC(c2ccc(Br)cc2)=NN1S(=O)(=O)c1ccc(C)cc1. The van der Waals surface area contributed by atoms with E-state index in [-0.39, 0.29) is 10.9 Å². The van der Waals surface area contributed by atoms with E-state index in [9.17, 15) is 8.42 Å². The van der Waals surface area contributed by atoms with Gasteiger partial charge in [-0.05, 0) is 36.8 Å². The van der Waals surface area contributed by atoms with Gasteiger partial charge in [-0.3, -0.25) is 0 Å². The standard InChI is InChI=1S/C18H17BrN2O2S/c1-3-16-12-18(14-6-8-15(19)9-7-14)20-21(16)24(22,23)17-10-4-13(2)5-11-17/h3-11,16H,1,12H2,2H3/t16-/m0/s1. The highest BCUT2D eigenvalue weighted by Gasteiger charge is 2.34. The van der Waals surface area contributed by atoms with E-state index in [0.717, 1.165) is 21.3 Å². The van der Waals surface area contributed by atoms with Crippen LogP contribution in [0.25, 0.3) is 0 Å². The smallest absolute Gasteiger partial charge is 0.200 e. The van der Waals surface area contributed by atoms with Gasteiger partial charge >= 0.3 is 0 Å². The molecule has 1 aliphatic rings. The van der Waals surface area contributed by atoms with Gasteiger partial charge in [0, 0.05) is 10.9 Å². The van der Waals surface area contributed by atoms with Crippen molar-refractivity contribution >= 4 is 31.7 Å². The zero-order chi connectivity index (χ0) is 17.3. The van der Waals surface area contributed by atoms with Crippen molar-refractivity contribution in [2.75, 3.05) is 0 Å². The van der Waals surface area contributed by atoms with E-state index in [1.54, 1.807) is 30.3 Å². The third-order valence-corrected chi connectivity index (χ3v) is 6.16. The van der Waals surface area contributed by atoms with Crippen LogP contribution in [-0.2, 0) is 10.0 Å². The molecule has 3 rings (SSSR count). The van der Waals surface area contributed by atoms with Crippen molar-refractivity contribution in [2.24, 2.45) is 5.10 Å². The first-order valence-electron chi connectivity index (χ1n) is 7.49. The van der Waals surface area contributed by atoms with Crippen LogP contribution in [0.2, 0.25) is 0 Å². The largest absolute Gasteiger partial charge is 0.279 e. The zero-order valence-corrected chi connectivity index (χ0v) is 15.6. The Morgan fingerprint density at radius 3 is 2.38 bits per heavy atom. The Morgan fingerprint density at radius 2 is 1.79 bits per heavy atom. The molecule has 24 heavy (non-hydrogen) atoms. The van der Waals surface area contributed by atoms with Gasteiger partial charge in [-0.25, -0.2) is 0 Å². The minimum atomic E-state index is -3.70. The Labute approximate surface area is 150 Å². The lowest BCUT2D eigenvalue weighted by Crippen LogP contribution is -2.31. The maximum Gasteiger partial charge on any atom is 0.279 e. The van der Waals surface area contributed by atoms with Crippen LogP contribution in [0.5, 0.6) is 0 Å². The molecule has 0 unspecified atom stereocenters. The van der Waals surface area contributed by atoms with Crippen LogP contribution in [0.4, 0.5) is 0 Å². The molecular weight excluding hydrogens is 388 g/mol. The third kappa shape index (κ3) is 3.16. The quantitative estimate of drug-likeness (QED) is 0.719. The van der Waals surface area contributed by atoms with Crippen molar-refractivity contribution in [1.82, 2.24) is 4.41 Å². The number of hydrazone groups is 1. The van der Waals surface area contributed by atoms with Gasteiger partial charge in [0.25, 0.3) is 10.0 Å². The van der Waals surface area contributed by atoms with E-state index < -0.39 is 10.0 Å². The fourth-order valence-electron chi connectivity index (χ4n) is 2.55. The molecule has 2 aromatic rings. The van der Waals surface area contributed by atoms with E-state index >= 15 is 0 Å². The number of nitrogens with zero attached hydrogens (tertiary/aromatic N) is 2. The minimum absolute atomic E-state index is 0.237. The molecule has 1 atom stereocenters. The summed E-state index contributed by atoms with van der Waals surface area (Å²) < 4.78 is 28.0. The van der Waals surface area contributed by atoms with Gasteiger partial charge in [0.05, 0.1) is 16.6 Å². The molecule has 0 amide bonds. The van der Waals surface area contributed by atoms with Gasteiger partial charge in [-0.15, -0.1) is 6.58 Å². The molecule has 0 bridgehead atoms. The number of sulfonamides is 1. The first-order chi connectivity index (χ1) is 11.4. The Hall–Kier alpha value is -1.92. The molecule has 0 saturated heterocycles.